The minimum Gasteiger partial charge on any atom is -0.369 e. The summed E-state index contributed by atoms with van der Waals surface area (Å²) in [5.41, 5.74) is 2.34. The van der Waals surface area contributed by atoms with E-state index in [9.17, 15) is 0 Å². The molecule has 0 N–H and O–H groups in total. The number of nitrogens with zero attached hydrogens (tertiary/aromatic N) is 1. The molecule has 0 bridgehead atoms. The number of hydrogen-bond donors (Lipinski definition) is 0. The van der Waals surface area contributed by atoms with Crippen LogP contribution in [-0.2, 0) is 0 Å². The normalized spacial score (nSPS) is 24.4. The monoisotopic (exact) mass is 157 g/mol. The molecule has 2 heteroatoms. The highest BCUT2D eigenvalue weighted by molar-refractivity contribution is 7.78. The van der Waals surface area contributed by atoms with Gasteiger partial charge in [-0.15, -0.1) is 0 Å². The second-order valence-electron chi connectivity index (χ2n) is 3.81. The summed E-state index contributed by atoms with van der Waals surface area (Å²) < 4.78 is 0. The maximum atomic E-state index is 4.85. The Morgan fingerprint density at radius 3 is 2.20 bits per heavy atom. The van der Waals surface area contributed by atoms with E-state index in [0.717, 1.165) is 13.1 Å². The van der Waals surface area contributed by atoms with Crippen LogP contribution < -0.4 is 0 Å². The van der Waals surface area contributed by atoms with Crippen LogP contribution in [-0.4, -0.2) is 23.5 Å². The summed E-state index contributed by atoms with van der Waals surface area (Å²) in [7, 11) is 0. The van der Waals surface area contributed by atoms with Crippen LogP contribution in [0.4, 0.5) is 0 Å². The van der Waals surface area contributed by atoms with Gasteiger partial charge in [0, 0.05) is 13.1 Å². The molecule has 58 valence electrons. The van der Waals surface area contributed by atoms with Crippen LogP contribution in [0.15, 0.2) is 0 Å². The van der Waals surface area contributed by atoms with Crippen molar-refractivity contribution < 1.29 is 0 Å². The van der Waals surface area contributed by atoms with Crippen LogP contribution in [0.25, 0.3) is 0 Å². The van der Waals surface area contributed by atoms with Crippen LogP contribution >= 0.6 is 12.2 Å². The van der Waals surface area contributed by atoms with Crippen molar-refractivity contribution in [3.05, 3.63) is 0 Å². The lowest BCUT2D eigenvalue weighted by atomic mass is 9.83. The highest BCUT2D eigenvalue weighted by atomic mass is 32.1. The first-order valence-electron chi connectivity index (χ1n) is 3.83. The van der Waals surface area contributed by atoms with E-state index < -0.39 is 0 Å². The fourth-order valence-corrected chi connectivity index (χ4v) is 1.45. The molecule has 0 aromatic carbocycles. The summed E-state index contributed by atoms with van der Waals surface area (Å²) in [6, 6.07) is 0. The fraction of sp³-hybridized carbons (Fsp3) is 0.875. The molecule has 1 nitrogen and oxygen atoms in total. The van der Waals surface area contributed by atoms with Crippen molar-refractivity contribution in [1.29, 1.82) is 0 Å². The predicted molar refractivity (Wildman–Crippen MR) is 48.2 cm³/mol. The molecule has 1 heterocycles. The molecule has 0 aromatic rings. The van der Waals surface area contributed by atoms with Crippen molar-refractivity contribution in [2.45, 2.75) is 26.7 Å². The molecule has 1 rings (SSSR count). The van der Waals surface area contributed by atoms with Crippen LogP contribution in [0.3, 0.4) is 0 Å². The first-order valence-corrected chi connectivity index (χ1v) is 4.30. The zero-order valence-corrected chi connectivity index (χ0v) is 7.58. The molecule has 0 saturated carbocycles. The molecule has 1 aliphatic heterocycles. The third-order valence-corrected chi connectivity index (χ3v) is 2.60. The summed E-state index contributed by atoms with van der Waals surface area (Å²) in [4.78, 5) is 2.22. The zero-order chi connectivity index (χ0) is 7.61. The van der Waals surface area contributed by atoms with Gasteiger partial charge in [-0.2, -0.15) is 0 Å². The van der Waals surface area contributed by atoms with E-state index in [0.29, 0.717) is 5.41 Å². The van der Waals surface area contributed by atoms with Gasteiger partial charge in [-0.1, -0.05) is 26.1 Å². The zero-order valence-electron chi connectivity index (χ0n) is 6.76. The quantitative estimate of drug-likeness (QED) is 0.536. The lowest BCUT2D eigenvalue weighted by molar-refractivity contribution is 0.194. The average Bonchev–Trinajstić information content (AvgIpc) is 1.88. The molecular formula is C8H15NS. The van der Waals surface area contributed by atoms with Gasteiger partial charge in [-0.3, -0.25) is 0 Å². The predicted octanol–water partition coefficient (Wildman–Crippen LogP) is 2.07. The maximum Gasteiger partial charge on any atom is 0.0640 e. The number of thiocarbonyl (C=S) groups is 1. The molecule has 1 aliphatic rings. The molecule has 0 aliphatic carbocycles. The maximum absolute atomic E-state index is 4.85. The van der Waals surface area contributed by atoms with Crippen LogP contribution in [0.1, 0.15) is 26.7 Å². The van der Waals surface area contributed by atoms with Crippen molar-refractivity contribution in [1.82, 2.24) is 4.90 Å². The van der Waals surface area contributed by atoms with Crippen molar-refractivity contribution in [3.8, 4) is 0 Å². The molecule has 0 amide bonds. The van der Waals surface area contributed by atoms with Gasteiger partial charge in [0.25, 0.3) is 0 Å². The van der Waals surface area contributed by atoms with Crippen LogP contribution in [0.5, 0.6) is 0 Å². The third kappa shape index (κ3) is 1.94. The van der Waals surface area contributed by atoms with E-state index in [2.05, 4.69) is 18.7 Å². The number of hydrogen-bond acceptors (Lipinski definition) is 1. The van der Waals surface area contributed by atoms with Gasteiger partial charge in [0.1, 0.15) is 0 Å². The van der Waals surface area contributed by atoms with Crippen molar-refractivity contribution in [3.63, 3.8) is 0 Å². The summed E-state index contributed by atoms with van der Waals surface area (Å²) in [5.74, 6) is 0. The van der Waals surface area contributed by atoms with Gasteiger partial charge in [-0.05, 0) is 18.3 Å². The molecular weight excluding hydrogens is 142 g/mol. The molecule has 10 heavy (non-hydrogen) atoms. The summed E-state index contributed by atoms with van der Waals surface area (Å²) in [5, 5.41) is 0. The summed E-state index contributed by atoms with van der Waals surface area (Å²) in [6.45, 7) is 6.95. The molecule has 0 radical (unpaired) electrons. The summed E-state index contributed by atoms with van der Waals surface area (Å²) >= 11 is 4.85. The highest BCUT2D eigenvalue weighted by Crippen LogP contribution is 2.28. The van der Waals surface area contributed by atoms with Gasteiger partial charge in [0.15, 0.2) is 0 Å². The first kappa shape index (κ1) is 7.99. The van der Waals surface area contributed by atoms with E-state index >= 15 is 0 Å². The lowest BCUT2D eigenvalue weighted by Gasteiger charge is -2.35. The van der Waals surface area contributed by atoms with Crippen LogP contribution in [0.2, 0.25) is 0 Å². The Morgan fingerprint density at radius 1 is 1.30 bits per heavy atom. The summed E-state index contributed by atoms with van der Waals surface area (Å²) in [6.07, 6.45) is 2.56. The number of piperidine rings is 1. The van der Waals surface area contributed by atoms with Gasteiger partial charge < -0.3 is 4.90 Å². The van der Waals surface area contributed by atoms with Crippen molar-refractivity contribution in [2.24, 2.45) is 5.41 Å². The van der Waals surface area contributed by atoms with Gasteiger partial charge in [-0.25, -0.2) is 0 Å². The Balaban J connectivity index is 2.38. The standard InChI is InChI=1S/C8H15NS/c1-8(2)3-5-9(7-10)6-4-8/h7H,3-6H2,1-2H3. The van der Waals surface area contributed by atoms with Crippen LogP contribution in [0, 0.1) is 5.41 Å². The molecule has 1 fully saturated rings. The van der Waals surface area contributed by atoms with Gasteiger partial charge >= 0.3 is 0 Å². The second-order valence-corrected chi connectivity index (χ2v) is 4.02. The molecule has 0 aromatic heterocycles. The largest absolute Gasteiger partial charge is 0.369 e. The lowest BCUT2D eigenvalue weighted by Crippen LogP contribution is -2.35. The Kier molecular flexibility index (Phi) is 2.29. The highest BCUT2D eigenvalue weighted by Gasteiger charge is 2.23. The van der Waals surface area contributed by atoms with Crippen molar-refractivity contribution in [2.75, 3.05) is 13.1 Å². The first-order chi connectivity index (χ1) is 4.64. The van der Waals surface area contributed by atoms with E-state index in [1.54, 1.807) is 5.49 Å². The Bertz CT molecular complexity index is 121. The van der Waals surface area contributed by atoms with Crippen molar-refractivity contribution >= 4 is 17.7 Å². The van der Waals surface area contributed by atoms with E-state index in [1.165, 1.54) is 12.8 Å². The Morgan fingerprint density at radius 2 is 1.80 bits per heavy atom. The average molecular weight is 157 g/mol. The Labute approximate surface area is 68.4 Å². The van der Waals surface area contributed by atoms with E-state index in [-0.39, 0.29) is 0 Å². The minimum absolute atomic E-state index is 0.550. The topological polar surface area (TPSA) is 3.24 Å². The molecule has 1 saturated heterocycles. The third-order valence-electron chi connectivity index (χ3n) is 2.30. The number of likely N-dealkylation sites (tertiary alicyclic amines) is 1. The smallest absolute Gasteiger partial charge is 0.0640 e. The second kappa shape index (κ2) is 2.87. The van der Waals surface area contributed by atoms with E-state index in [1.807, 2.05) is 0 Å². The molecule has 0 unspecified atom stereocenters. The molecule has 0 atom stereocenters. The Hall–Kier alpha value is -0.110. The molecule has 0 spiro atoms. The van der Waals surface area contributed by atoms with Gasteiger partial charge in [0.2, 0.25) is 0 Å². The van der Waals surface area contributed by atoms with Gasteiger partial charge in [0.05, 0.1) is 5.49 Å². The minimum atomic E-state index is 0.550. The fourth-order valence-electron chi connectivity index (χ4n) is 1.23. The SMILES string of the molecule is CC1(C)CCN(C=S)CC1. The van der Waals surface area contributed by atoms with E-state index in [4.69, 9.17) is 12.2 Å². The number of rotatable bonds is 1.